The number of nitrogens with one attached hydrogen (secondary N) is 3. The van der Waals surface area contributed by atoms with Crippen LogP contribution >= 0.6 is 11.6 Å². The van der Waals surface area contributed by atoms with E-state index in [0.29, 0.717) is 23.9 Å². The van der Waals surface area contributed by atoms with Crippen molar-refractivity contribution in [3.8, 4) is 5.75 Å². The van der Waals surface area contributed by atoms with Crippen LogP contribution in [-0.4, -0.2) is 45.1 Å². The van der Waals surface area contributed by atoms with Crippen molar-refractivity contribution >= 4 is 33.3 Å². The van der Waals surface area contributed by atoms with Crippen molar-refractivity contribution in [1.82, 2.24) is 14.7 Å². The maximum absolute atomic E-state index is 12.3. The second-order valence-electron chi connectivity index (χ2n) is 5.34. The van der Waals surface area contributed by atoms with Crippen LogP contribution < -0.4 is 20.1 Å². The molecule has 142 valence electrons. The Kier molecular flexibility index (Phi) is 7.01. The fraction of sp³-hybridized carbons (Fsp3) is 0.375. The number of nitrogens with zero attached hydrogens (tertiary/aromatic N) is 2. The highest BCUT2D eigenvalue weighted by Crippen LogP contribution is 2.26. The van der Waals surface area contributed by atoms with E-state index in [0.717, 1.165) is 12.4 Å². The number of methoxy groups -OCH3 is 1. The van der Waals surface area contributed by atoms with Gasteiger partial charge < -0.3 is 15.4 Å². The van der Waals surface area contributed by atoms with E-state index in [1.165, 1.54) is 25.3 Å². The summed E-state index contributed by atoms with van der Waals surface area (Å²) in [5, 5.41) is 6.42. The summed E-state index contributed by atoms with van der Waals surface area (Å²) in [6, 6.07) is 6.08. The molecule has 0 radical (unpaired) electrons. The van der Waals surface area contributed by atoms with Gasteiger partial charge in [0, 0.05) is 25.7 Å². The monoisotopic (exact) mass is 399 g/mol. The molecule has 1 aromatic heterocycles. The summed E-state index contributed by atoms with van der Waals surface area (Å²) in [7, 11) is -2.19. The number of aryl methyl sites for hydroxylation is 1. The van der Waals surface area contributed by atoms with Gasteiger partial charge in [0.05, 0.1) is 17.0 Å². The molecule has 0 atom stereocenters. The van der Waals surface area contributed by atoms with Gasteiger partial charge in [-0.25, -0.2) is 23.1 Å². The molecule has 0 bridgehead atoms. The van der Waals surface area contributed by atoms with Gasteiger partial charge in [0.1, 0.15) is 23.2 Å². The molecule has 8 nitrogen and oxygen atoms in total. The summed E-state index contributed by atoms with van der Waals surface area (Å²) in [5.41, 5.74) is 0. The second-order valence-corrected chi connectivity index (χ2v) is 7.51. The third-order valence-electron chi connectivity index (χ3n) is 3.35. The van der Waals surface area contributed by atoms with Crippen molar-refractivity contribution in [2.75, 3.05) is 37.4 Å². The van der Waals surface area contributed by atoms with E-state index in [4.69, 9.17) is 16.3 Å². The number of hydrogen-bond acceptors (Lipinski definition) is 7. The van der Waals surface area contributed by atoms with Gasteiger partial charge in [-0.05, 0) is 32.0 Å². The fourth-order valence-corrected chi connectivity index (χ4v) is 3.58. The predicted molar refractivity (Wildman–Crippen MR) is 103 cm³/mol. The zero-order valence-electron chi connectivity index (χ0n) is 14.8. The molecule has 1 aromatic carbocycles. The van der Waals surface area contributed by atoms with Crippen molar-refractivity contribution in [3.05, 3.63) is 35.1 Å². The summed E-state index contributed by atoms with van der Waals surface area (Å²) in [4.78, 5) is 8.60. The molecule has 0 aliphatic carbocycles. The lowest BCUT2D eigenvalue weighted by atomic mass is 10.3. The molecule has 0 amide bonds. The number of aromatic nitrogens is 2. The normalized spacial score (nSPS) is 11.2. The van der Waals surface area contributed by atoms with E-state index in [2.05, 4.69) is 25.3 Å². The summed E-state index contributed by atoms with van der Waals surface area (Å²) < 4.78 is 32.2. The third kappa shape index (κ3) is 5.45. The Hall–Kier alpha value is -2.10. The van der Waals surface area contributed by atoms with E-state index >= 15 is 0 Å². The van der Waals surface area contributed by atoms with Crippen molar-refractivity contribution in [1.29, 1.82) is 0 Å². The first-order valence-electron chi connectivity index (χ1n) is 8.02. The van der Waals surface area contributed by atoms with Gasteiger partial charge in [0.2, 0.25) is 10.0 Å². The number of hydrogen-bond donors (Lipinski definition) is 3. The first kappa shape index (κ1) is 20.2. The fourth-order valence-electron chi connectivity index (χ4n) is 2.20. The predicted octanol–water partition coefficient (Wildman–Crippen LogP) is 2.27. The number of benzene rings is 1. The van der Waals surface area contributed by atoms with Gasteiger partial charge in [0.25, 0.3) is 0 Å². The molecular formula is C16H22ClN5O3S. The van der Waals surface area contributed by atoms with Gasteiger partial charge in [-0.2, -0.15) is 0 Å². The molecule has 2 aromatic rings. The Morgan fingerprint density at radius 3 is 2.42 bits per heavy atom. The molecule has 0 spiro atoms. The maximum atomic E-state index is 12.3. The van der Waals surface area contributed by atoms with Crippen LogP contribution in [0, 0.1) is 6.92 Å². The summed E-state index contributed by atoms with van der Waals surface area (Å²) in [5.74, 6) is 2.39. The molecule has 0 aliphatic heterocycles. The first-order chi connectivity index (χ1) is 12.4. The largest absolute Gasteiger partial charge is 0.495 e. The topological polar surface area (TPSA) is 105 Å². The summed E-state index contributed by atoms with van der Waals surface area (Å²) >= 11 is 5.98. The molecular weight excluding hydrogens is 378 g/mol. The van der Waals surface area contributed by atoms with Crippen LogP contribution in [0.2, 0.25) is 5.02 Å². The molecule has 1 heterocycles. The van der Waals surface area contributed by atoms with Gasteiger partial charge in [0.15, 0.2) is 0 Å². The quantitative estimate of drug-likeness (QED) is 0.555. The minimum Gasteiger partial charge on any atom is -0.495 e. The molecule has 0 saturated carbocycles. The van der Waals surface area contributed by atoms with Crippen molar-refractivity contribution in [2.24, 2.45) is 0 Å². The lowest BCUT2D eigenvalue weighted by molar-refractivity contribution is 0.414. The molecule has 3 N–H and O–H groups in total. The number of ether oxygens (including phenoxy) is 1. The molecule has 26 heavy (non-hydrogen) atoms. The number of sulfonamides is 1. The van der Waals surface area contributed by atoms with E-state index in [1.54, 1.807) is 13.0 Å². The van der Waals surface area contributed by atoms with Crippen LogP contribution in [0.15, 0.2) is 29.2 Å². The Labute approximate surface area is 158 Å². The number of anilines is 2. The molecule has 0 unspecified atom stereocenters. The Morgan fingerprint density at radius 1 is 1.12 bits per heavy atom. The van der Waals surface area contributed by atoms with Crippen LogP contribution in [0.1, 0.15) is 12.7 Å². The van der Waals surface area contributed by atoms with E-state index in [9.17, 15) is 8.42 Å². The van der Waals surface area contributed by atoms with Crippen LogP contribution in [0.25, 0.3) is 0 Å². The van der Waals surface area contributed by atoms with Crippen LogP contribution in [0.3, 0.4) is 0 Å². The van der Waals surface area contributed by atoms with Crippen LogP contribution in [-0.2, 0) is 10.0 Å². The van der Waals surface area contributed by atoms with E-state index in [1.807, 2.05) is 6.92 Å². The molecule has 0 aliphatic rings. The summed E-state index contributed by atoms with van der Waals surface area (Å²) in [6.07, 6.45) is 0. The SMILES string of the molecule is CCNc1cc(NCCNS(=O)(=O)c2ccc(OC)c(Cl)c2)nc(C)n1. The average molecular weight is 400 g/mol. The van der Waals surface area contributed by atoms with E-state index < -0.39 is 10.0 Å². The van der Waals surface area contributed by atoms with Crippen molar-refractivity contribution < 1.29 is 13.2 Å². The molecule has 0 fully saturated rings. The molecule has 10 heteroatoms. The highest BCUT2D eigenvalue weighted by atomic mass is 35.5. The third-order valence-corrected chi connectivity index (χ3v) is 5.11. The molecule has 2 rings (SSSR count). The van der Waals surface area contributed by atoms with Gasteiger partial charge in [-0.15, -0.1) is 0 Å². The zero-order valence-corrected chi connectivity index (χ0v) is 16.4. The van der Waals surface area contributed by atoms with Gasteiger partial charge >= 0.3 is 0 Å². The standard InChI is InChI=1S/C16H22ClN5O3S/c1-4-18-15-10-16(22-11(2)21-15)19-7-8-20-26(23,24)12-5-6-14(25-3)13(17)9-12/h5-6,9-10,20H,4,7-8H2,1-3H3,(H2,18,19,21,22). The Bertz CT molecular complexity index is 861. The van der Waals surface area contributed by atoms with Gasteiger partial charge in [-0.3, -0.25) is 0 Å². The minimum atomic E-state index is -3.66. The first-order valence-corrected chi connectivity index (χ1v) is 9.88. The molecule has 0 saturated heterocycles. The van der Waals surface area contributed by atoms with Crippen molar-refractivity contribution in [3.63, 3.8) is 0 Å². The maximum Gasteiger partial charge on any atom is 0.240 e. The second kappa shape index (κ2) is 9.02. The lowest BCUT2D eigenvalue weighted by Crippen LogP contribution is -2.29. The van der Waals surface area contributed by atoms with Crippen LogP contribution in [0.5, 0.6) is 5.75 Å². The minimum absolute atomic E-state index is 0.0793. The lowest BCUT2D eigenvalue weighted by Gasteiger charge is -2.11. The smallest absolute Gasteiger partial charge is 0.240 e. The highest BCUT2D eigenvalue weighted by molar-refractivity contribution is 7.89. The summed E-state index contributed by atoms with van der Waals surface area (Å²) in [6.45, 7) is 5.07. The average Bonchev–Trinajstić information content (AvgIpc) is 2.58. The Balaban J connectivity index is 1.94. The Morgan fingerprint density at radius 2 is 1.81 bits per heavy atom. The van der Waals surface area contributed by atoms with Crippen molar-refractivity contribution in [2.45, 2.75) is 18.7 Å². The number of halogens is 1. The highest BCUT2D eigenvalue weighted by Gasteiger charge is 2.15. The number of rotatable bonds is 9. The van der Waals surface area contributed by atoms with Gasteiger partial charge in [-0.1, -0.05) is 11.6 Å². The zero-order chi connectivity index (χ0) is 19.2. The van der Waals surface area contributed by atoms with Crippen LogP contribution in [0.4, 0.5) is 11.6 Å². The van der Waals surface area contributed by atoms with E-state index in [-0.39, 0.29) is 16.5 Å².